The number of carbonyl (C=O) groups is 1. The summed E-state index contributed by atoms with van der Waals surface area (Å²) in [6.07, 6.45) is -3.40. The van der Waals surface area contributed by atoms with Gasteiger partial charge in [0.15, 0.2) is 0 Å². The fourth-order valence-corrected chi connectivity index (χ4v) is 1.72. The molecule has 6 heteroatoms. The molecule has 1 aliphatic heterocycles. The molecule has 0 aromatic rings. The topological polar surface area (TPSA) is 99.0 Å². The lowest BCUT2D eigenvalue weighted by atomic mass is 9.93. The van der Waals surface area contributed by atoms with Gasteiger partial charge in [0.2, 0.25) is 5.91 Å². The van der Waals surface area contributed by atoms with Crippen molar-refractivity contribution in [2.75, 3.05) is 6.61 Å². The average Bonchev–Trinajstić information content (AvgIpc) is 2.18. The third-order valence-electron chi connectivity index (χ3n) is 2.54. The minimum atomic E-state index is -1.11. The van der Waals surface area contributed by atoms with Crippen molar-refractivity contribution in [3.63, 3.8) is 0 Å². The van der Waals surface area contributed by atoms with Gasteiger partial charge >= 0.3 is 0 Å². The molecule has 6 nitrogen and oxygen atoms in total. The molecule has 1 heterocycles. The molecule has 0 spiro atoms. The molecule has 2 unspecified atom stereocenters. The monoisotopic (exact) mass is 219 g/mol. The van der Waals surface area contributed by atoms with E-state index in [0.717, 1.165) is 0 Å². The van der Waals surface area contributed by atoms with Gasteiger partial charge in [-0.2, -0.15) is 0 Å². The zero-order valence-corrected chi connectivity index (χ0v) is 8.75. The van der Waals surface area contributed by atoms with E-state index < -0.39 is 30.5 Å². The summed E-state index contributed by atoms with van der Waals surface area (Å²) in [5.74, 6) is -0.344. The summed E-state index contributed by atoms with van der Waals surface area (Å²) >= 11 is 0. The second kappa shape index (κ2) is 4.89. The van der Waals surface area contributed by atoms with Crippen molar-refractivity contribution in [1.82, 2.24) is 5.32 Å². The fraction of sp³-hybridized carbons (Fsp3) is 0.889. The Labute approximate surface area is 87.9 Å². The molecule has 0 saturated carbocycles. The standard InChI is InChI=1S/C9H17NO5/c1-4-8(13)7(10-5(2)12)9(14)6(3-11)15-4/h4,6-9,11,13-14H,3H2,1-2H3,(H,10,12)/t4-,6?,7+,8?,9-/m0/s1. The van der Waals surface area contributed by atoms with Crippen LogP contribution in [0, 0.1) is 0 Å². The van der Waals surface area contributed by atoms with E-state index in [9.17, 15) is 15.0 Å². The average molecular weight is 219 g/mol. The highest BCUT2D eigenvalue weighted by molar-refractivity contribution is 5.73. The van der Waals surface area contributed by atoms with Crippen molar-refractivity contribution in [2.45, 2.75) is 44.3 Å². The molecule has 1 rings (SSSR count). The van der Waals surface area contributed by atoms with Crippen LogP contribution in [0.25, 0.3) is 0 Å². The van der Waals surface area contributed by atoms with Crippen LogP contribution in [0.2, 0.25) is 0 Å². The van der Waals surface area contributed by atoms with Crippen molar-refractivity contribution in [3.8, 4) is 0 Å². The van der Waals surface area contributed by atoms with Crippen LogP contribution in [0.1, 0.15) is 13.8 Å². The van der Waals surface area contributed by atoms with Crippen LogP contribution in [-0.4, -0.2) is 58.3 Å². The highest BCUT2D eigenvalue weighted by Gasteiger charge is 2.42. The fourth-order valence-electron chi connectivity index (χ4n) is 1.72. The zero-order chi connectivity index (χ0) is 11.6. The molecule has 5 atom stereocenters. The Bertz CT molecular complexity index is 235. The van der Waals surface area contributed by atoms with Crippen molar-refractivity contribution in [1.29, 1.82) is 0 Å². The number of ether oxygens (including phenoxy) is 1. The number of amides is 1. The number of aliphatic hydroxyl groups excluding tert-OH is 3. The number of rotatable bonds is 2. The smallest absolute Gasteiger partial charge is 0.217 e. The molecular formula is C9H17NO5. The summed E-state index contributed by atoms with van der Waals surface area (Å²) in [7, 11) is 0. The third-order valence-corrected chi connectivity index (χ3v) is 2.54. The molecule has 0 aromatic heterocycles. The predicted octanol–water partition coefficient (Wildman–Crippen LogP) is -2.01. The minimum Gasteiger partial charge on any atom is -0.394 e. The number of carbonyl (C=O) groups excluding carboxylic acids is 1. The SMILES string of the molecule is CC(=O)N[C@@H]1C(O)[C@H](C)OC(CO)[C@@H]1O. The molecule has 88 valence electrons. The normalized spacial score (nSPS) is 41.3. The van der Waals surface area contributed by atoms with Crippen LogP contribution < -0.4 is 5.32 Å². The van der Waals surface area contributed by atoms with Gasteiger partial charge in [-0.15, -0.1) is 0 Å². The lowest BCUT2D eigenvalue weighted by molar-refractivity contribution is -0.189. The maximum Gasteiger partial charge on any atom is 0.217 e. The number of nitrogens with one attached hydrogen (secondary N) is 1. The molecule has 0 aliphatic carbocycles. The molecule has 1 fully saturated rings. The van der Waals surface area contributed by atoms with Crippen molar-refractivity contribution in [3.05, 3.63) is 0 Å². The van der Waals surface area contributed by atoms with E-state index in [1.807, 2.05) is 0 Å². The Morgan fingerprint density at radius 2 is 2.00 bits per heavy atom. The van der Waals surface area contributed by atoms with Gasteiger partial charge in [-0.25, -0.2) is 0 Å². The molecule has 0 aromatic carbocycles. The molecule has 0 radical (unpaired) electrons. The molecule has 15 heavy (non-hydrogen) atoms. The second-order valence-electron chi connectivity index (χ2n) is 3.77. The summed E-state index contributed by atoms with van der Waals surface area (Å²) in [6, 6.07) is -0.802. The van der Waals surface area contributed by atoms with Crippen LogP contribution in [0.5, 0.6) is 0 Å². The first-order valence-corrected chi connectivity index (χ1v) is 4.87. The molecule has 1 saturated heterocycles. The number of hydrogen-bond acceptors (Lipinski definition) is 5. The van der Waals surface area contributed by atoms with Crippen LogP contribution >= 0.6 is 0 Å². The van der Waals surface area contributed by atoms with Crippen LogP contribution in [-0.2, 0) is 9.53 Å². The largest absolute Gasteiger partial charge is 0.394 e. The highest BCUT2D eigenvalue weighted by atomic mass is 16.5. The van der Waals surface area contributed by atoms with Gasteiger partial charge in [0.25, 0.3) is 0 Å². The summed E-state index contributed by atoms with van der Waals surface area (Å²) in [4.78, 5) is 10.9. The molecule has 1 aliphatic rings. The van der Waals surface area contributed by atoms with Gasteiger partial charge in [-0.3, -0.25) is 4.79 Å². The van der Waals surface area contributed by atoms with E-state index in [-0.39, 0.29) is 12.5 Å². The Hall–Kier alpha value is -0.690. The lowest BCUT2D eigenvalue weighted by Gasteiger charge is -2.41. The molecule has 1 amide bonds. The van der Waals surface area contributed by atoms with Crippen LogP contribution in [0.15, 0.2) is 0 Å². The van der Waals surface area contributed by atoms with E-state index >= 15 is 0 Å². The lowest BCUT2D eigenvalue weighted by Crippen LogP contribution is -2.63. The van der Waals surface area contributed by atoms with Gasteiger partial charge in [-0.05, 0) is 6.92 Å². The molecular weight excluding hydrogens is 202 g/mol. The number of aliphatic hydroxyl groups is 3. The summed E-state index contributed by atoms with van der Waals surface area (Å²) in [5, 5.41) is 30.8. The first kappa shape index (κ1) is 12.4. The zero-order valence-electron chi connectivity index (χ0n) is 8.75. The van der Waals surface area contributed by atoms with Gasteiger partial charge < -0.3 is 25.4 Å². The van der Waals surface area contributed by atoms with Crippen molar-refractivity contribution < 1.29 is 24.9 Å². The van der Waals surface area contributed by atoms with Gasteiger partial charge in [-0.1, -0.05) is 0 Å². The van der Waals surface area contributed by atoms with Gasteiger partial charge in [0.1, 0.15) is 18.3 Å². The summed E-state index contributed by atoms with van der Waals surface area (Å²) < 4.78 is 5.17. The Morgan fingerprint density at radius 3 is 2.47 bits per heavy atom. The van der Waals surface area contributed by atoms with Crippen LogP contribution in [0.4, 0.5) is 0 Å². The predicted molar refractivity (Wildman–Crippen MR) is 51.0 cm³/mol. The molecule has 0 bridgehead atoms. The Kier molecular flexibility index (Phi) is 4.04. The van der Waals surface area contributed by atoms with Crippen LogP contribution in [0.3, 0.4) is 0 Å². The maximum atomic E-state index is 10.9. The first-order valence-electron chi connectivity index (χ1n) is 4.87. The third kappa shape index (κ3) is 2.66. The van der Waals surface area contributed by atoms with Gasteiger partial charge in [0.05, 0.1) is 18.8 Å². The first-order chi connectivity index (χ1) is 6.97. The Morgan fingerprint density at radius 1 is 1.40 bits per heavy atom. The van der Waals surface area contributed by atoms with E-state index in [1.165, 1.54) is 6.92 Å². The Balaban J connectivity index is 2.74. The molecule has 4 N–H and O–H groups in total. The van der Waals surface area contributed by atoms with E-state index in [4.69, 9.17) is 9.84 Å². The van der Waals surface area contributed by atoms with Crippen molar-refractivity contribution >= 4 is 5.91 Å². The van der Waals surface area contributed by atoms with Crippen molar-refractivity contribution in [2.24, 2.45) is 0 Å². The van der Waals surface area contributed by atoms with E-state index in [2.05, 4.69) is 5.32 Å². The summed E-state index contributed by atoms with van der Waals surface area (Å²) in [6.45, 7) is 2.57. The van der Waals surface area contributed by atoms with E-state index in [1.54, 1.807) is 6.92 Å². The summed E-state index contributed by atoms with van der Waals surface area (Å²) in [5.41, 5.74) is 0. The second-order valence-corrected chi connectivity index (χ2v) is 3.77. The van der Waals surface area contributed by atoms with Gasteiger partial charge in [0, 0.05) is 6.92 Å². The minimum absolute atomic E-state index is 0.344. The number of hydrogen-bond donors (Lipinski definition) is 4. The highest BCUT2D eigenvalue weighted by Crippen LogP contribution is 2.20. The quantitative estimate of drug-likeness (QED) is 0.430. The van der Waals surface area contributed by atoms with E-state index in [0.29, 0.717) is 0 Å². The maximum absolute atomic E-state index is 10.9.